The summed E-state index contributed by atoms with van der Waals surface area (Å²) in [7, 11) is 1.85. The fourth-order valence-electron chi connectivity index (χ4n) is 2.89. The summed E-state index contributed by atoms with van der Waals surface area (Å²) in [4.78, 5) is 22.7. The molecule has 3 rings (SSSR count). The van der Waals surface area contributed by atoms with Gasteiger partial charge in [-0.15, -0.1) is 17.8 Å². The predicted molar refractivity (Wildman–Crippen MR) is 108 cm³/mol. The molecule has 2 N–H and O–H groups in total. The van der Waals surface area contributed by atoms with E-state index in [9.17, 15) is 9.90 Å². The summed E-state index contributed by atoms with van der Waals surface area (Å²) in [6.07, 6.45) is 4.45. The second kappa shape index (κ2) is 8.93. The van der Waals surface area contributed by atoms with Crippen molar-refractivity contribution >= 4 is 21.6 Å². The van der Waals surface area contributed by atoms with Crippen LogP contribution in [0.5, 0.6) is 0 Å². The van der Waals surface area contributed by atoms with Crippen LogP contribution in [0.15, 0.2) is 40.5 Å². The molecule has 2 heterocycles. The molecule has 1 atom stereocenters. The molecular weight excluding hydrogens is 362 g/mol. The molecule has 27 heavy (non-hydrogen) atoms. The maximum absolute atomic E-state index is 12.6. The van der Waals surface area contributed by atoms with E-state index in [1.54, 1.807) is 0 Å². The largest absolute Gasteiger partial charge is 0.389 e. The summed E-state index contributed by atoms with van der Waals surface area (Å²) >= 11 is 1.45. The average Bonchev–Trinajstić information content (AvgIpc) is 3.07. The molecule has 2 aromatic heterocycles. The van der Waals surface area contributed by atoms with Gasteiger partial charge in [0.05, 0.1) is 24.6 Å². The molecule has 0 bridgehead atoms. The molecule has 140 valence electrons. The zero-order chi connectivity index (χ0) is 19.2. The molecule has 7 heteroatoms. The summed E-state index contributed by atoms with van der Waals surface area (Å²) in [5.41, 5.74) is 1.74. The van der Waals surface area contributed by atoms with Gasteiger partial charge < -0.3 is 14.8 Å². The van der Waals surface area contributed by atoms with Gasteiger partial charge in [0.25, 0.3) is 5.56 Å². The van der Waals surface area contributed by atoms with E-state index in [0.29, 0.717) is 29.1 Å². The summed E-state index contributed by atoms with van der Waals surface area (Å²) in [5.74, 6) is 2.92. The topological polar surface area (TPSA) is 78.5 Å². The quantitative estimate of drug-likeness (QED) is 0.460. The number of H-pyrrole nitrogens is 1. The number of hydrogen-bond donors (Lipinski definition) is 2. The van der Waals surface area contributed by atoms with Crippen LogP contribution in [0, 0.1) is 12.3 Å². The number of aliphatic hydroxyl groups excluding tert-OH is 1. The van der Waals surface area contributed by atoms with Crippen molar-refractivity contribution in [2.24, 2.45) is 0 Å². The molecule has 0 fully saturated rings. The molecule has 0 aliphatic heterocycles. The molecule has 1 aromatic carbocycles. The van der Waals surface area contributed by atoms with Crippen LogP contribution >= 0.6 is 11.3 Å². The van der Waals surface area contributed by atoms with Crippen molar-refractivity contribution in [2.75, 3.05) is 26.8 Å². The molecule has 0 saturated heterocycles. The van der Waals surface area contributed by atoms with Crippen molar-refractivity contribution in [1.82, 2.24) is 14.9 Å². The van der Waals surface area contributed by atoms with Crippen molar-refractivity contribution in [1.29, 1.82) is 0 Å². The maximum atomic E-state index is 12.6. The summed E-state index contributed by atoms with van der Waals surface area (Å²) in [6.45, 7) is 1.14. The second-order valence-electron chi connectivity index (χ2n) is 6.28. The predicted octanol–water partition coefficient (Wildman–Crippen LogP) is 2.09. The average molecular weight is 383 g/mol. The number of aliphatic hydroxyl groups is 1. The van der Waals surface area contributed by atoms with Crippen molar-refractivity contribution in [2.45, 2.75) is 12.6 Å². The molecule has 1 unspecified atom stereocenters. The standard InChI is InChI=1S/C20H21N3O3S/c1-3-9-26-12-15(24)10-23(2)11-17-21-19(25)18-16(13-27-20(18)22-17)14-7-5-4-6-8-14/h1,4-8,13,15,24H,9-12H2,2H3,(H,21,22,25). The molecule has 0 aliphatic rings. The Hall–Kier alpha value is -2.50. The first-order valence-electron chi connectivity index (χ1n) is 8.52. The number of fused-ring (bicyclic) bond motifs is 1. The highest BCUT2D eigenvalue weighted by atomic mass is 32.1. The van der Waals surface area contributed by atoms with Crippen LogP contribution in [-0.4, -0.2) is 52.9 Å². The van der Waals surface area contributed by atoms with Crippen LogP contribution in [-0.2, 0) is 11.3 Å². The molecule has 6 nitrogen and oxygen atoms in total. The highest BCUT2D eigenvalue weighted by Crippen LogP contribution is 2.30. The van der Waals surface area contributed by atoms with Gasteiger partial charge in [0.1, 0.15) is 17.3 Å². The minimum atomic E-state index is -0.662. The lowest BCUT2D eigenvalue weighted by Crippen LogP contribution is -2.32. The van der Waals surface area contributed by atoms with Crippen molar-refractivity contribution < 1.29 is 9.84 Å². The van der Waals surface area contributed by atoms with Crippen LogP contribution in [0.1, 0.15) is 5.82 Å². The Morgan fingerprint density at radius 3 is 2.93 bits per heavy atom. The first-order valence-corrected chi connectivity index (χ1v) is 9.40. The minimum Gasteiger partial charge on any atom is -0.389 e. The summed E-state index contributed by atoms with van der Waals surface area (Å²) in [5, 5.41) is 12.5. The van der Waals surface area contributed by atoms with Crippen LogP contribution in [0.3, 0.4) is 0 Å². The summed E-state index contributed by atoms with van der Waals surface area (Å²) in [6, 6.07) is 9.80. The van der Waals surface area contributed by atoms with Gasteiger partial charge in [0.2, 0.25) is 0 Å². The number of nitrogens with one attached hydrogen (secondary N) is 1. The van der Waals surface area contributed by atoms with Gasteiger partial charge in [0, 0.05) is 17.5 Å². The normalized spacial score (nSPS) is 12.4. The Kier molecular flexibility index (Phi) is 6.37. The highest BCUT2D eigenvalue weighted by Gasteiger charge is 2.15. The lowest BCUT2D eigenvalue weighted by atomic mass is 10.1. The Bertz CT molecular complexity index is 991. The molecule has 0 amide bonds. The number of nitrogens with zero attached hydrogens (tertiary/aromatic N) is 2. The van der Waals surface area contributed by atoms with Crippen molar-refractivity contribution in [3.05, 3.63) is 51.9 Å². The van der Waals surface area contributed by atoms with Gasteiger partial charge in [-0.25, -0.2) is 4.98 Å². The zero-order valence-corrected chi connectivity index (χ0v) is 15.8. The van der Waals surface area contributed by atoms with Gasteiger partial charge >= 0.3 is 0 Å². The maximum Gasteiger partial charge on any atom is 0.260 e. The first-order chi connectivity index (χ1) is 13.1. The number of benzene rings is 1. The van der Waals surface area contributed by atoms with Gasteiger partial charge in [-0.2, -0.15) is 0 Å². The molecule has 0 aliphatic carbocycles. The monoisotopic (exact) mass is 383 g/mol. The number of aromatic nitrogens is 2. The van der Waals surface area contributed by atoms with E-state index in [2.05, 4.69) is 15.9 Å². The molecule has 3 aromatic rings. The fraction of sp³-hybridized carbons (Fsp3) is 0.300. The van der Waals surface area contributed by atoms with Crippen LogP contribution in [0.25, 0.3) is 21.3 Å². The number of hydrogen-bond acceptors (Lipinski definition) is 6. The Labute approximate surface area is 161 Å². The number of ether oxygens (including phenoxy) is 1. The van der Waals surface area contributed by atoms with E-state index in [0.717, 1.165) is 11.1 Å². The zero-order valence-electron chi connectivity index (χ0n) is 15.0. The molecule has 0 radical (unpaired) electrons. The minimum absolute atomic E-state index is 0.151. The lowest BCUT2D eigenvalue weighted by molar-refractivity contribution is 0.0310. The molecular formula is C20H21N3O3S. The Morgan fingerprint density at radius 1 is 1.41 bits per heavy atom. The van der Waals surface area contributed by atoms with Gasteiger partial charge in [-0.1, -0.05) is 36.3 Å². The third-order valence-electron chi connectivity index (χ3n) is 4.02. The highest BCUT2D eigenvalue weighted by molar-refractivity contribution is 7.17. The first kappa shape index (κ1) is 19.3. The van der Waals surface area contributed by atoms with E-state index in [-0.39, 0.29) is 18.8 Å². The lowest BCUT2D eigenvalue weighted by Gasteiger charge is -2.19. The van der Waals surface area contributed by atoms with Crippen LogP contribution < -0.4 is 5.56 Å². The fourth-order valence-corrected chi connectivity index (χ4v) is 3.85. The number of terminal acetylenes is 1. The third kappa shape index (κ3) is 4.81. The second-order valence-corrected chi connectivity index (χ2v) is 7.14. The number of rotatable bonds is 8. The van der Waals surface area contributed by atoms with E-state index in [1.807, 2.05) is 47.7 Å². The Balaban J connectivity index is 1.74. The van der Waals surface area contributed by atoms with Gasteiger partial charge in [-0.05, 0) is 12.6 Å². The van der Waals surface area contributed by atoms with Gasteiger partial charge in [-0.3, -0.25) is 9.69 Å². The number of thiophene rings is 1. The third-order valence-corrected chi connectivity index (χ3v) is 4.89. The van der Waals surface area contributed by atoms with E-state index >= 15 is 0 Å². The van der Waals surface area contributed by atoms with E-state index in [1.165, 1.54) is 11.3 Å². The van der Waals surface area contributed by atoms with Crippen LogP contribution in [0.2, 0.25) is 0 Å². The van der Waals surface area contributed by atoms with Gasteiger partial charge in [0.15, 0.2) is 0 Å². The van der Waals surface area contributed by atoms with E-state index in [4.69, 9.17) is 11.2 Å². The number of likely N-dealkylation sites (N-methyl/N-ethyl adjacent to an activating group) is 1. The van der Waals surface area contributed by atoms with E-state index < -0.39 is 6.10 Å². The SMILES string of the molecule is C#CCOCC(O)CN(C)Cc1nc2scc(-c3ccccc3)c2c(=O)[nH]1. The van der Waals surface area contributed by atoms with Crippen molar-refractivity contribution in [3.63, 3.8) is 0 Å². The number of aromatic amines is 1. The Morgan fingerprint density at radius 2 is 2.19 bits per heavy atom. The van der Waals surface area contributed by atoms with Crippen molar-refractivity contribution in [3.8, 4) is 23.5 Å². The smallest absolute Gasteiger partial charge is 0.260 e. The molecule has 0 saturated carbocycles. The summed E-state index contributed by atoms with van der Waals surface area (Å²) < 4.78 is 5.13. The molecule has 0 spiro atoms. The van der Waals surface area contributed by atoms with Crippen LogP contribution in [0.4, 0.5) is 0 Å².